The second-order valence-corrected chi connectivity index (χ2v) is 11.9. The summed E-state index contributed by atoms with van der Waals surface area (Å²) in [5.74, 6) is -1.73. The van der Waals surface area contributed by atoms with E-state index in [0.29, 0.717) is 6.42 Å². The lowest BCUT2D eigenvalue weighted by Crippen LogP contribution is -2.42. The van der Waals surface area contributed by atoms with E-state index in [1.54, 1.807) is 37.4 Å². The summed E-state index contributed by atoms with van der Waals surface area (Å²) in [6, 6.07) is 0. The Morgan fingerprint density at radius 1 is 1.46 bits per heavy atom. The van der Waals surface area contributed by atoms with E-state index in [0.717, 1.165) is 0 Å². The highest BCUT2D eigenvalue weighted by Gasteiger charge is 2.40. The van der Waals surface area contributed by atoms with Gasteiger partial charge in [0.1, 0.15) is 18.3 Å². The number of H-pyrrole nitrogens is 1. The standard InChI is InChI=1S/C20H28F3N7O5S2/c1-19(2,7-24-17(33)20(21,22)23)37-36-10-34-11-5-13(35-12(11)6-31)30-9-25-14-15(30)27-18(28-16(14)32)26-8-29(3)4/h8-9,11-13,31H,5-7,10H2,1-4H3,(H,24,33)(H,27,28,32)/b26-8-/t11-,12-,13-/m1/s1. The maximum absolute atomic E-state index is 12.4. The van der Waals surface area contributed by atoms with Gasteiger partial charge >= 0.3 is 12.1 Å². The van der Waals surface area contributed by atoms with Crippen LogP contribution in [0.3, 0.4) is 0 Å². The van der Waals surface area contributed by atoms with E-state index in [-0.39, 0.29) is 36.2 Å². The molecule has 2 aromatic heterocycles. The lowest BCUT2D eigenvalue weighted by molar-refractivity contribution is -0.173. The third kappa shape index (κ3) is 7.83. The minimum atomic E-state index is -4.93. The topological polar surface area (TPSA) is 147 Å². The van der Waals surface area contributed by atoms with Crippen LogP contribution < -0.4 is 10.9 Å². The summed E-state index contributed by atoms with van der Waals surface area (Å²) >= 11 is 0. The van der Waals surface area contributed by atoms with E-state index in [9.17, 15) is 27.9 Å². The Labute approximate surface area is 217 Å². The number of imidazole rings is 1. The predicted octanol–water partition coefficient (Wildman–Crippen LogP) is 1.80. The molecule has 3 atom stereocenters. The molecule has 3 heterocycles. The zero-order valence-corrected chi connectivity index (χ0v) is 22.1. The summed E-state index contributed by atoms with van der Waals surface area (Å²) in [5, 5.41) is 11.7. The van der Waals surface area contributed by atoms with Gasteiger partial charge in [-0.2, -0.15) is 18.2 Å². The number of aliphatic imine (C=N–C) groups is 1. The summed E-state index contributed by atoms with van der Waals surface area (Å²) in [5.41, 5.74) is -0.0738. The Balaban J connectivity index is 1.59. The molecular weight excluding hydrogens is 539 g/mol. The average molecular weight is 568 g/mol. The number of hydrogen-bond donors (Lipinski definition) is 3. The van der Waals surface area contributed by atoms with Crippen molar-refractivity contribution in [1.82, 2.24) is 29.7 Å². The number of ether oxygens (including phenoxy) is 2. The second kappa shape index (κ2) is 12.0. The first-order valence-electron chi connectivity index (χ1n) is 11.0. The van der Waals surface area contributed by atoms with E-state index >= 15 is 0 Å². The van der Waals surface area contributed by atoms with Gasteiger partial charge in [0.15, 0.2) is 11.2 Å². The van der Waals surface area contributed by atoms with Gasteiger partial charge in [0.2, 0.25) is 5.95 Å². The first-order valence-corrected chi connectivity index (χ1v) is 13.3. The van der Waals surface area contributed by atoms with Crippen LogP contribution >= 0.6 is 21.6 Å². The van der Waals surface area contributed by atoms with Crippen LogP contribution in [-0.4, -0.2) is 98.1 Å². The van der Waals surface area contributed by atoms with Gasteiger partial charge < -0.3 is 24.8 Å². The van der Waals surface area contributed by atoms with Crippen LogP contribution in [0.15, 0.2) is 16.1 Å². The highest BCUT2D eigenvalue weighted by atomic mass is 33.1. The molecule has 1 fully saturated rings. The zero-order chi connectivity index (χ0) is 27.4. The minimum Gasteiger partial charge on any atom is -0.394 e. The number of hydrogen-bond acceptors (Lipinski definition) is 10. The van der Waals surface area contributed by atoms with Crippen molar-refractivity contribution in [2.75, 3.05) is 33.2 Å². The Bertz CT molecular complexity index is 1170. The van der Waals surface area contributed by atoms with Crippen LogP contribution in [0.1, 0.15) is 26.5 Å². The molecule has 37 heavy (non-hydrogen) atoms. The number of aromatic amines is 1. The summed E-state index contributed by atoms with van der Waals surface area (Å²) in [6.07, 6.45) is -3.45. The average Bonchev–Trinajstić information content (AvgIpc) is 3.42. The van der Waals surface area contributed by atoms with Crippen LogP contribution in [0.5, 0.6) is 0 Å². The van der Waals surface area contributed by atoms with E-state index in [1.807, 2.05) is 5.32 Å². The molecular formula is C20H28F3N7O5S2. The number of aromatic nitrogens is 4. The van der Waals surface area contributed by atoms with Crippen LogP contribution in [0.4, 0.5) is 19.1 Å². The van der Waals surface area contributed by atoms with Crippen LogP contribution in [0, 0.1) is 0 Å². The van der Waals surface area contributed by atoms with Gasteiger partial charge in [-0.05, 0) is 13.8 Å². The van der Waals surface area contributed by atoms with E-state index in [1.165, 1.54) is 34.3 Å². The number of amides is 1. The molecule has 2 aromatic rings. The fourth-order valence-electron chi connectivity index (χ4n) is 3.29. The number of alkyl halides is 3. The smallest absolute Gasteiger partial charge is 0.394 e. The first kappa shape index (κ1) is 29.2. The number of carbonyl (C=O) groups is 1. The SMILES string of the molecule is CN(C)/C=N\c1nc2c(ncn2[C@H]2C[C@@H](OCSSC(C)(C)CNC(=O)C(F)(F)F)[C@@H](CO)O2)c(=O)[nH]1. The van der Waals surface area contributed by atoms with Crippen LogP contribution in [0.2, 0.25) is 0 Å². The number of nitrogens with one attached hydrogen (secondary N) is 2. The van der Waals surface area contributed by atoms with Crippen molar-refractivity contribution >= 4 is 50.9 Å². The lowest BCUT2D eigenvalue weighted by Gasteiger charge is -2.24. The monoisotopic (exact) mass is 567 g/mol. The lowest BCUT2D eigenvalue weighted by atomic mass is 10.2. The Hall–Kier alpha value is -2.34. The van der Waals surface area contributed by atoms with Crippen LogP contribution in [0.25, 0.3) is 11.2 Å². The molecule has 3 rings (SSSR count). The normalized spacial score (nSPS) is 20.7. The number of carbonyl (C=O) groups excluding carboxylic acids is 1. The van der Waals surface area contributed by atoms with Gasteiger partial charge in [-0.15, -0.1) is 0 Å². The molecule has 0 radical (unpaired) electrons. The van der Waals surface area contributed by atoms with Gasteiger partial charge in [0.05, 0.1) is 25.4 Å². The first-order chi connectivity index (χ1) is 17.3. The van der Waals surface area contributed by atoms with Crippen molar-refractivity contribution < 1.29 is 32.5 Å². The minimum absolute atomic E-state index is 0.0971. The van der Waals surface area contributed by atoms with Crippen molar-refractivity contribution in [2.45, 2.75) is 49.6 Å². The molecule has 17 heteroatoms. The predicted molar refractivity (Wildman–Crippen MR) is 134 cm³/mol. The number of halogens is 3. The van der Waals surface area contributed by atoms with Crippen LogP contribution in [-0.2, 0) is 14.3 Å². The number of aliphatic hydroxyl groups is 1. The summed E-state index contributed by atoms with van der Waals surface area (Å²) in [7, 11) is 6.07. The molecule has 0 aromatic carbocycles. The third-order valence-corrected chi connectivity index (χ3v) is 7.99. The Kier molecular flexibility index (Phi) is 9.49. The van der Waals surface area contributed by atoms with Crippen molar-refractivity contribution in [3.05, 3.63) is 16.7 Å². The van der Waals surface area contributed by atoms with Crippen molar-refractivity contribution in [3.63, 3.8) is 0 Å². The second-order valence-electron chi connectivity index (χ2n) is 8.93. The number of nitrogens with zero attached hydrogens (tertiary/aromatic N) is 5. The van der Waals surface area contributed by atoms with E-state index in [2.05, 4.69) is 19.9 Å². The molecule has 0 bridgehead atoms. The largest absolute Gasteiger partial charge is 0.471 e. The molecule has 0 unspecified atom stereocenters. The molecule has 0 aliphatic carbocycles. The van der Waals surface area contributed by atoms with Gasteiger partial charge in [-0.25, -0.2) is 9.98 Å². The molecule has 1 aliphatic heterocycles. The Morgan fingerprint density at radius 2 is 2.19 bits per heavy atom. The molecule has 3 N–H and O–H groups in total. The van der Waals surface area contributed by atoms with Crippen molar-refractivity contribution in [3.8, 4) is 0 Å². The molecule has 1 aliphatic rings. The molecule has 1 amide bonds. The summed E-state index contributed by atoms with van der Waals surface area (Å²) in [4.78, 5) is 40.3. The molecule has 0 saturated carbocycles. The third-order valence-electron chi connectivity index (χ3n) is 5.05. The molecule has 0 spiro atoms. The molecule has 206 valence electrons. The maximum Gasteiger partial charge on any atom is 0.471 e. The van der Waals surface area contributed by atoms with Crippen molar-refractivity contribution in [2.24, 2.45) is 4.99 Å². The highest BCUT2D eigenvalue weighted by Crippen LogP contribution is 2.38. The van der Waals surface area contributed by atoms with E-state index < -0.39 is 40.8 Å². The summed E-state index contributed by atoms with van der Waals surface area (Å²) < 4.78 is 49.8. The van der Waals surface area contributed by atoms with Gasteiger partial charge in [-0.1, -0.05) is 21.6 Å². The highest BCUT2D eigenvalue weighted by molar-refractivity contribution is 8.77. The fourth-order valence-corrected chi connectivity index (χ4v) is 5.46. The summed E-state index contributed by atoms with van der Waals surface area (Å²) in [6.45, 7) is 2.90. The molecule has 12 nitrogen and oxygen atoms in total. The number of aliphatic hydroxyl groups excluding tert-OH is 1. The quantitative estimate of drug-likeness (QED) is 0.121. The number of fused-ring (bicyclic) bond motifs is 1. The Morgan fingerprint density at radius 3 is 2.84 bits per heavy atom. The van der Waals surface area contributed by atoms with E-state index in [4.69, 9.17) is 9.47 Å². The fraction of sp³-hybridized carbons (Fsp3) is 0.650. The zero-order valence-electron chi connectivity index (χ0n) is 20.5. The van der Waals surface area contributed by atoms with Crippen molar-refractivity contribution in [1.29, 1.82) is 0 Å². The van der Waals surface area contributed by atoms with Gasteiger partial charge in [0, 0.05) is 31.8 Å². The molecule has 1 saturated heterocycles. The van der Waals surface area contributed by atoms with Gasteiger partial charge in [0.25, 0.3) is 5.56 Å². The number of rotatable bonds is 11. The van der Waals surface area contributed by atoms with Gasteiger partial charge in [-0.3, -0.25) is 19.1 Å². The maximum atomic E-state index is 12.4.